The number of para-hydroxylation sites is 1. The Hall–Kier alpha value is -3.82. The van der Waals surface area contributed by atoms with Crippen LogP contribution in [0.2, 0.25) is 5.02 Å². The monoisotopic (exact) mass is 503 g/mol. The third-order valence-electron chi connectivity index (χ3n) is 6.89. The maximum atomic E-state index is 13.2. The molecule has 7 rings (SSSR count). The molecule has 0 radical (unpaired) electrons. The predicted molar refractivity (Wildman–Crippen MR) is 134 cm³/mol. The molecule has 1 amide bonds. The van der Waals surface area contributed by atoms with Gasteiger partial charge in [0.2, 0.25) is 5.88 Å². The smallest absolute Gasteiger partial charge is 0.255 e. The van der Waals surface area contributed by atoms with Crippen molar-refractivity contribution in [1.29, 1.82) is 0 Å². The summed E-state index contributed by atoms with van der Waals surface area (Å²) in [6.45, 7) is 1.10. The summed E-state index contributed by atoms with van der Waals surface area (Å²) in [4.78, 5) is 26.0. The van der Waals surface area contributed by atoms with Crippen molar-refractivity contribution in [3.63, 3.8) is 0 Å². The normalized spacial score (nSPS) is 20.2. The van der Waals surface area contributed by atoms with Gasteiger partial charge in [-0.25, -0.2) is 4.98 Å². The summed E-state index contributed by atoms with van der Waals surface area (Å²) in [5, 5.41) is 7.02. The van der Waals surface area contributed by atoms with Crippen LogP contribution in [0.25, 0.3) is 22.3 Å². The van der Waals surface area contributed by atoms with E-state index in [1.165, 1.54) is 0 Å². The van der Waals surface area contributed by atoms with Gasteiger partial charge in [-0.1, -0.05) is 17.7 Å². The molecule has 3 aliphatic rings. The lowest BCUT2D eigenvalue weighted by atomic mass is 10.0. The molecule has 3 N–H and O–H groups in total. The number of methoxy groups -OCH3 is 1. The average molecular weight is 504 g/mol. The lowest BCUT2D eigenvalue weighted by Crippen LogP contribution is -2.38. The van der Waals surface area contributed by atoms with E-state index in [4.69, 9.17) is 30.8 Å². The Labute approximate surface area is 211 Å². The summed E-state index contributed by atoms with van der Waals surface area (Å²) in [7, 11) is 1.57. The van der Waals surface area contributed by atoms with Gasteiger partial charge in [-0.2, -0.15) is 0 Å². The van der Waals surface area contributed by atoms with E-state index >= 15 is 0 Å². The average Bonchev–Trinajstić information content (AvgIpc) is 3.53. The SMILES string of the molecule is COc1c(Cl)cccc1Nc1c(-c2ccnc3ccc(OC4COC4)nc23)[nH]c2c1C(=O)NC1CC21. The second kappa shape index (κ2) is 8.11. The molecule has 2 fully saturated rings. The number of benzene rings is 1. The van der Waals surface area contributed by atoms with E-state index in [2.05, 4.69) is 20.6 Å². The van der Waals surface area contributed by atoms with Gasteiger partial charge in [-0.05, 0) is 30.7 Å². The van der Waals surface area contributed by atoms with Gasteiger partial charge < -0.3 is 29.8 Å². The van der Waals surface area contributed by atoms with Crippen LogP contribution in [0.1, 0.15) is 28.4 Å². The van der Waals surface area contributed by atoms with Gasteiger partial charge in [0.1, 0.15) is 11.6 Å². The number of nitrogens with zero attached hydrogens (tertiary/aromatic N) is 2. The van der Waals surface area contributed by atoms with E-state index in [1.807, 2.05) is 30.3 Å². The van der Waals surface area contributed by atoms with Crippen molar-refractivity contribution in [2.24, 2.45) is 0 Å². The molecular weight excluding hydrogens is 482 g/mol. The molecule has 2 unspecified atom stereocenters. The Morgan fingerprint density at radius 1 is 1.19 bits per heavy atom. The number of halogens is 1. The summed E-state index contributed by atoms with van der Waals surface area (Å²) in [6, 6.07) is 11.2. The van der Waals surface area contributed by atoms with Crippen LogP contribution < -0.4 is 20.1 Å². The van der Waals surface area contributed by atoms with Crippen LogP contribution in [-0.2, 0) is 4.74 Å². The predicted octanol–water partition coefficient (Wildman–Crippen LogP) is 4.41. The Balaban J connectivity index is 1.41. The summed E-state index contributed by atoms with van der Waals surface area (Å²) >= 11 is 6.39. The number of H-pyrrole nitrogens is 1. The number of pyridine rings is 2. The third-order valence-corrected chi connectivity index (χ3v) is 7.18. The van der Waals surface area contributed by atoms with Crippen LogP contribution in [0.3, 0.4) is 0 Å². The minimum atomic E-state index is -0.116. The molecule has 1 saturated carbocycles. The number of amides is 1. The van der Waals surface area contributed by atoms with Crippen LogP contribution >= 0.6 is 11.6 Å². The highest BCUT2D eigenvalue weighted by atomic mass is 35.5. The third kappa shape index (κ3) is 3.38. The van der Waals surface area contributed by atoms with E-state index in [1.54, 1.807) is 19.4 Å². The van der Waals surface area contributed by atoms with Crippen molar-refractivity contribution in [2.45, 2.75) is 24.5 Å². The molecule has 36 heavy (non-hydrogen) atoms. The first kappa shape index (κ1) is 21.5. The Morgan fingerprint density at radius 3 is 2.89 bits per heavy atom. The molecule has 4 aromatic rings. The number of carbonyl (C=O) groups excluding carboxylic acids is 1. The fourth-order valence-electron chi connectivity index (χ4n) is 4.95. The minimum Gasteiger partial charge on any atom is -0.493 e. The summed E-state index contributed by atoms with van der Waals surface area (Å²) in [6.07, 6.45) is 2.65. The first-order valence-corrected chi connectivity index (χ1v) is 12.2. The Kier molecular flexibility index (Phi) is 4.83. The number of rotatable bonds is 6. The number of aromatic nitrogens is 3. The maximum Gasteiger partial charge on any atom is 0.255 e. The minimum absolute atomic E-state index is 0.00381. The van der Waals surface area contributed by atoms with Crippen molar-refractivity contribution in [2.75, 3.05) is 25.6 Å². The van der Waals surface area contributed by atoms with Gasteiger partial charge in [0, 0.05) is 35.5 Å². The highest BCUT2D eigenvalue weighted by Gasteiger charge is 2.48. The zero-order valence-electron chi connectivity index (χ0n) is 19.3. The molecule has 10 heteroatoms. The molecule has 182 valence electrons. The van der Waals surface area contributed by atoms with Crippen molar-refractivity contribution in [1.82, 2.24) is 20.3 Å². The van der Waals surface area contributed by atoms with E-state index < -0.39 is 0 Å². The number of fused-ring (bicyclic) bond motifs is 4. The van der Waals surface area contributed by atoms with Gasteiger partial charge in [-0.3, -0.25) is 9.78 Å². The molecule has 1 aliphatic carbocycles. The molecule has 3 aromatic heterocycles. The second-order valence-corrected chi connectivity index (χ2v) is 9.59. The first-order chi connectivity index (χ1) is 17.6. The van der Waals surface area contributed by atoms with E-state index in [9.17, 15) is 4.79 Å². The van der Waals surface area contributed by atoms with Crippen LogP contribution in [0.5, 0.6) is 11.6 Å². The van der Waals surface area contributed by atoms with Gasteiger partial charge in [0.15, 0.2) is 5.75 Å². The molecule has 5 heterocycles. The van der Waals surface area contributed by atoms with E-state index in [0.29, 0.717) is 52.3 Å². The molecule has 0 bridgehead atoms. The number of ether oxygens (including phenoxy) is 3. The molecule has 2 aliphatic heterocycles. The number of carbonyl (C=O) groups is 1. The van der Waals surface area contributed by atoms with Crippen LogP contribution in [0.4, 0.5) is 11.4 Å². The highest BCUT2D eigenvalue weighted by Crippen LogP contribution is 2.51. The second-order valence-electron chi connectivity index (χ2n) is 9.18. The zero-order chi connectivity index (χ0) is 24.4. The number of nitrogens with one attached hydrogen (secondary N) is 3. The van der Waals surface area contributed by atoms with Crippen LogP contribution in [0, 0.1) is 0 Å². The van der Waals surface area contributed by atoms with E-state index in [-0.39, 0.29) is 24.0 Å². The Morgan fingerprint density at radius 2 is 2.08 bits per heavy atom. The van der Waals surface area contributed by atoms with Gasteiger partial charge in [-0.15, -0.1) is 0 Å². The van der Waals surface area contributed by atoms with Crippen molar-refractivity contribution >= 4 is 39.9 Å². The summed E-state index contributed by atoms with van der Waals surface area (Å²) < 4.78 is 16.7. The largest absolute Gasteiger partial charge is 0.493 e. The Bertz CT molecular complexity index is 1530. The summed E-state index contributed by atoms with van der Waals surface area (Å²) in [5.74, 6) is 1.14. The highest BCUT2D eigenvalue weighted by molar-refractivity contribution is 6.32. The fraction of sp³-hybridized carbons (Fsp3) is 0.269. The molecule has 1 saturated heterocycles. The van der Waals surface area contributed by atoms with Crippen molar-refractivity contribution in [3.8, 4) is 22.9 Å². The topological polar surface area (TPSA) is 110 Å². The quantitative estimate of drug-likeness (QED) is 0.357. The van der Waals surface area contributed by atoms with Crippen molar-refractivity contribution in [3.05, 3.63) is 58.9 Å². The molecule has 9 nitrogen and oxygen atoms in total. The molecule has 0 spiro atoms. The number of hydrogen-bond donors (Lipinski definition) is 3. The van der Waals surface area contributed by atoms with Crippen LogP contribution in [-0.4, -0.2) is 53.3 Å². The maximum absolute atomic E-state index is 13.2. The number of aromatic amines is 1. The van der Waals surface area contributed by atoms with E-state index in [0.717, 1.165) is 28.9 Å². The molecule has 1 aromatic carbocycles. The fourth-order valence-corrected chi connectivity index (χ4v) is 5.20. The van der Waals surface area contributed by atoms with Crippen LogP contribution in [0.15, 0.2) is 42.6 Å². The molecule has 2 atom stereocenters. The van der Waals surface area contributed by atoms with Gasteiger partial charge in [0.05, 0.1) is 53.5 Å². The summed E-state index contributed by atoms with van der Waals surface area (Å²) in [5.41, 5.74) is 5.74. The van der Waals surface area contributed by atoms with Gasteiger partial charge >= 0.3 is 0 Å². The molecular formula is C26H22ClN5O4. The van der Waals surface area contributed by atoms with Crippen molar-refractivity contribution < 1.29 is 19.0 Å². The van der Waals surface area contributed by atoms with Gasteiger partial charge in [0.25, 0.3) is 5.91 Å². The first-order valence-electron chi connectivity index (χ1n) is 11.8. The lowest BCUT2D eigenvalue weighted by molar-refractivity contribution is -0.0812. The number of anilines is 2. The zero-order valence-corrected chi connectivity index (χ0v) is 20.1. The lowest BCUT2D eigenvalue weighted by Gasteiger charge is -2.26. The standard InChI is InChI=1S/C26H22ClN5O4/c1-34-25-15(27)3-2-4-17(25)29-24-20-22(14-9-18(14)30-26(20)33)32-23(24)13-7-8-28-16-5-6-19(31-21(13)16)36-12-10-35-11-12/h2-8,12,14,18,29,32H,9-11H2,1H3,(H,30,33). The number of hydrogen-bond acceptors (Lipinski definition) is 7.